The maximum Gasteiger partial charge on any atom is 0.319 e. The van der Waals surface area contributed by atoms with Crippen molar-refractivity contribution in [3.63, 3.8) is 0 Å². The number of para-hydroxylation sites is 1. The summed E-state index contributed by atoms with van der Waals surface area (Å²) < 4.78 is 20.8. The van der Waals surface area contributed by atoms with Crippen molar-refractivity contribution in [2.45, 2.75) is 6.10 Å². The Balaban J connectivity index is 1.99. The third-order valence-electron chi connectivity index (χ3n) is 3.90. The second-order valence-electron chi connectivity index (χ2n) is 5.51. The van der Waals surface area contributed by atoms with Crippen molar-refractivity contribution >= 4 is 11.7 Å². The number of aliphatic hydroxyl groups is 1. The van der Waals surface area contributed by atoms with Crippen LogP contribution in [0, 0.1) is 0 Å². The fourth-order valence-corrected chi connectivity index (χ4v) is 2.52. The van der Waals surface area contributed by atoms with Gasteiger partial charge in [0.1, 0.15) is 0 Å². The van der Waals surface area contributed by atoms with E-state index in [4.69, 9.17) is 18.9 Å². The smallest absolute Gasteiger partial charge is 0.319 e. The number of urea groups is 1. The molecule has 0 fully saturated rings. The molecule has 2 amide bonds. The quantitative estimate of drug-likeness (QED) is 0.655. The fourth-order valence-electron chi connectivity index (χ4n) is 2.52. The summed E-state index contributed by atoms with van der Waals surface area (Å²) in [5, 5.41) is 15.6. The minimum Gasteiger partial charge on any atom is -0.493 e. The van der Waals surface area contributed by atoms with Crippen LogP contribution in [0.1, 0.15) is 11.7 Å². The molecule has 1 unspecified atom stereocenters. The molecule has 0 bridgehead atoms. The molecule has 0 saturated carbocycles. The lowest BCUT2D eigenvalue weighted by Gasteiger charge is -2.16. The number of methoxy groups -OCH3 is 4. The highest BCUT2D eigenvalue weighted by atomic mass is 16.5. The molecule has 2 aromatic rings. The Kier molecular flexibility index (Phi) is 7.13. The van der Waals surface area contributed by atoms with Crippen LogP contribution in [0.5, 0.6) is 23.0 Å². The standard InChI is InChI=1S/C19H24N2O6/c1-24-15-9-8-12(10-17(15)26-3)14(22)11-20-19(23)21-13-6-5-7-16(25-2)18(13)27-4/h5-10,14,22H,11H2,1-4H3,(H2,20,21,23). The molecular formula is C19H24N2O6. The van der Waals surface area contributed by atoms with Crippen LogP contribution < -0.4 is 29.6 Å². The van der Waals surface area contributed by atoms with Gasteiger partial charge in [0.05, 0.1) is 40.2 Å². The monoisotopic (exact) mass is 376 g/mol. The summed E-state index contributed by atoms with van der Waals surface area (Å²) in [7, 11) is 6.05. The summed E-state index contributed by atoms with van der Waals surface area (Å²) >= 11 is 0. The summed E-state index contributed by atoms with van der Waals surface area (Å²) in [5.41, 5.74) is 1.04. The van der Waals surface area contributed by atoms with Crippen LogP contribution in [0.3, 0.4) is 0 Å². The minimum absolute atomic E-state index is 0.00754. The number of benzene rings is 2. The number of hydrogen-bond donors (Lipinski definition) is 3. The predicted molar refractivity (Wildman–Crippen MR) is 101 cm³/mol. The third-order valence-corrected chi connectivity index (χ3v) is 3.90. The van der Waals surface area contributed by atoms with Crippen LogP contribution in [0.25, 0.3) is 0 Å². The van der Waals surface area contributed by atoms with E-state index in [9.17, 15) is 9.90 Å². The van der Waals surface area contributed by atoms with E-state index in [0.717, 1.165) is 0 Å². The summed E-state index contributed by atoms with van der Waals surface area (Å²) in [6.07, 6.45) is -0.914. The van der Waals surface area contributed by atoms with E-state index in [0.29, 0.717) is 34.2 Å². The van der Waals surface area contributed by atoms with E-state index in [2.05, 4.69) is 10.6 Å². The van der Waals surface area contributed by atoms with Crippen LogP contribution in [-0.2, 0) is 0 Å². The molecule has 27 heavy (non-hydrogen) atoms. The first-order valence-corrected chi connectivity index (χ1v) is 8.19. The van der Waals surface area contributed by atoms with Gasteiger partial charge in [-0.2, -0.15) is 0 Å². The van der Waals surface area contributed by atoms with Crippen molar-refractivity contribution < 1.29 is 28.8 Å². The van der Waals surface area contributed by atoms with E-state index in [1.807, 2.05) is 0 Å². The van der Waals surface area contributed by atoms with Gasteiger partial charge in [-0.25, -0.2) is 4.79 Å². The first-order valence-electron chi connectivity index (χ1n) is 8.19. The number of aliphatic hydroxyl groups excluding tert-OH is 1. The predicted octanol–water partition coefficient (Wildman–Crippen LogP) is 2.58. The van der Waals surface area contributed by atoms with Crippen molar-refractivity contribution in [1.82, 2.24) is 5.32 Å². The average Bonchev–Trinajstić information content (AvgIpc) is 2.71. The molecule has 0 aliphatic rings. The van der Waals surface area contributed by atoms with Gasteiger partial charge < -0.3 is 34.7 Å². The molecule has 1 atom stereocenters. The highest BCUT2D eigenvalue weighted by Crippen LogP contribution is 2.34. The normalized spacial score (nSPS) is 11.3. The van der Waals surface area contributed by atoms with Crippen LogP contribution in [-0.4, -0.2) is 46.1 Å². The van der Waals surface area contributed by atoms with Gasteiger partial charge in [0.25, 0.3) is 0 Å². The van der Waals surface area contributed by atoms with Crippen LogP contribution in [0.4, 0.5) is 10.5 Å². The Bertz CT molecular complexity index is 781. The van der Waals surface area contributed by atoms with Crippen LogP contribution in [0.15, 0.2) is 36.4 Å². The van der Waals surface area contributed by atoms with Gasteiger partial charge in [-0.15, -0.1) is 0 Å². The zero-order valence-electron chi connectivity index (χ0n) is 15.7. The van der Waals surface area contributed by atoms with Gasteiger partial charge in [-0.3, -0.25) is 0 Å². The summed E-state index contributed by atoms with van der Waals surface area (Å²) in [4.78, 5) is 12.2. The zero-order chi connectivity index (χ0) is 19.8. The van der Waals surface area contributed by atoms with Gasteiger partial charge in [0.2, 0.25) is 0 Å². The fraction of sp³-hybridized carbons (Fsp3) is 0.316. The molecule has 0 radical (unpaired) electrons. The summed E-state index contributed by atoms with van der Waals surface area (Å²) in [5.74, 6) is 1.97. The Hall–Kier alpha value is -3.13. The molecule has 2 rings (SSSR count). The van der Waals surface area contributed by atoms with Gasteiger partial charge in [0, 0.05) is 6.54 Å². The molecule has 0 aliphatic heterocycles. The third kappa shape index (κ3) is 4.95. The second kappa shape index (κ2) is 9.54. The Labute approximate surface area is 158 Å². The maximum absolute atomic E-state index is 12.2. The lowest BCUT2D eigenvalue weighted by molar-refractivity contribution is 0.174. The molecular weight excluding hydrogens is 352 g/mol. The SMILES string of the molecule is COc1ccc(C(O)CNC(=O)Nc2cccc(OC)c2OC)cc1OC. The number of hydrogen-bond acceptors (Lipinski definition) is 6. The number of ether oxygens (including phenoxy) is 4. The average molecular weight is 376 g/mol. The Morgan fingerprint density at radius 1 is 0.963 bits per heavy atom. The number of nitrogens with one attached hydrogen (secondary N) is 2. The maximum atomic E-state index is 12.2. The number of carbonyl (C=O) groups is 1. The van der Waals surface area contributed by atoms with Crippen LogP contribution in [0.2, 0.25) is 0 Å². The molecule has 0 saturated heterocycles. The molecule has 3 N–H and O–H groups in total. The second-order valence-corrected chi connectivity index (χ2v) is 5.51. The van der Waals surface area contributed by atoms with Gasteiger partial charge in [-0.05, 0) is 29.8 Å². The van der Waals surface area contributed by atoms with Gasteiger partial charge in [-0.1, -0.05) is 12.1 Å². The van der Waals surface area contributed by atoms with E-state index in [-0.39, 0.29) is 6.54 Å². The van der Waals surface area contributed by atoms with E-state index >= 15 is 0 Å². The number of carbonyl (C=O) groups excluding carboxylic acids is 1. The summed E-state index contributed by atoms with van der Waals surface area (Å²) in [6, 6.07) is 9.72. The molecule has 0 spiro atoms. The van der Waals surface area contributed by atoms with Crippen molar-refractivity contribution in [2.24, 2.45) is 0 Å². The van der Waals surface area contributed by atoms with Crippen LogP contribution >= 0.6 is 0 Å². The largest absolute Gasteiger partial charge is 0.493 e. The first-order chi connectivity index (χ1) is 13.0. The van der Waals surface area contributed by atoms with Gasteiger partial charge >= 0.3 is 6.03 Å². The molecule has 8 heteroatoms. The topological polar surface area (TPSA) is 98.3 Å². The zero-order valence-corrected chi connectivity index (χ0v) is 15.7. The molecule has 146 valence electrons. The Morgan fingerprint density at radius 3 is 2.30 bits per heavy atom. The molecule has 2 aromatic carbocycles. The molecule has 8 nitrogen and oxygen atoms in total. The van der Waals surface area contributed by atoms with Crippen molar-refractivity contribution in [2.75, 3.05) is 40.3 Å². The van der Waals surface area contributed by atoms with Crippen molar-refractivity contribution in [3.05, 3.63) is 42.0 Å². The number of amides is 2. The Morgan fingerprint density at radius 2 is 1.67 bits per heavy atom. The number of rotatable bonds is 8. The molecule has 0 heterocycles. The van der Waals surface area contributed by atoms with Crippen molar-refractivity contribution in [1.29, 1.82) is 0 Å². The highest BCUT2D eigenvalue weighted by molar-refractivity contribution is 5.91. The lowest BCUT2D eigenvalue weighted by Crippen LogP contribution is -2.32. The minimum atomic E-state index is -0.914. The molecule has 0 aromatic heterocycles. The number of anilines is 1. The molecule has 0 aliphatic carbocycles. The highest BCUT2D eigenvalue weighted by Gasteiger charge is 2.15. The van der Waals surface area contributed by atoms with E-state index in [1.165, 1.54) is 28.4 Å². The van der Waals surface area contributed by atoms with E-state index in [1.54, 1.807) is 36.4 Å². The first kappa shape index (κ1) is 20.2. The van der Waals surface area contributed by atoms with Gasteiger partial charge in [0.15, 0.2) is 23.0 Å². The summed E-state index contributed by atoms with van der Waals surface area (Å²) in [6.45, 7) is 0.00754. The van der Waals surface area contributed by atoms with E-state index < -0.39 is 12.1 Å². The van der Waals surface area contributed by atoms with Crippen molar-refractivity contribution in [3.8, 4) is 23.0 Å². The lowest BCUT2D eigenvalue weighted by atomic mass is 10.1.